The molecule has 4 atom stereocenters. The van der Waals surface area contributed by atoms with Gasteiger partial charge in [-0.2, -0.15) is 0 Å². The summed E-state index contributed by atoms with van der Waals surface area (Å²) in [6.07, 6.45) is 1.77. The zero-order valence-corrected chi connectivity index (χ0v) is 7.78. The van der Waals surface area contributed by atoms with Gasteiger partial charge in [-0.25, -0.2) is 0 Å². The Hall–Kier alpha value is -0.570. The van der Waals surface area contributed by atoms with Gasteiger partial charge in [-0.1, -0.05) is 0 Å². The van der Waals surface area contributed by atoms with E-state index in [2.05, 4.69) is 13.8 Å². The van der Waals surface area contributed by atoms with Gasteiger partial charge < -0.3 is 9.64 Å². The van der Waals surface area contributed by atoms with Crippen LogP contribution in [0.15, 0.2) is 0 Å². The summed E-state index contributed by atoms with van der Waals surface area (Å²) in [6, 6.07) is 0.623. The van der Waals surface area contributed by atoms with E-state index in [1.807, 2.05) is 4.90 Å². The lowest BCUT2D eigenvalue weighted by atomic mass is 9.98. The largest absolute Gasteiger partial charge is 0.367 e. The normalized spacial score (nSPS) is 45.4. The Morgan fingerprint density at radius 2 is 2.17 bits per heavy atom. The fraction of sp³-hybridized carbons (Fsp3) is 0.889. The van der Waals surface area contributed by atoms with Crippen molar-refractivity contribution in [1.82, 2.24) is 4.90 Å². The van der Waals surface area contributed by atoms with Crippen LogP contribution in [0.2, 0.25) is 0 Å². The third kappa shape index (κ3) is 1.04. The van der Waals surface area contributed by atoms with Crippen LogP contribution in [-0.4, -0.2) is 35.1 Å². The second-order valence-corrected chi connectivity index (χ2v) is 3.89. The van der Waals surface area contributed by atoms with Crippen LogP contribution < -0.4 is 0 Å². The summed E-state index contributed by atoms with van der Waals surface area (Å²) in [4.78, 5) is 13.2. The smallest absolute Gasteiger partial charge is 0.220 e. The van der Waals surface area contributed by atoms with Gasteiger partial charge in [-0.05, 0) is 20.3 Å². The standard InChI is InChI=1S/C9H15NO2/c1-5-4-8-9(12-8)6(2)10(5)7(3)11/h5-6,8-9H,4H2,1-3H3/t5-,6+,8+,9+/m1/s1. The minimum atomic E-state index is 0.170. The molecule has 0 spiro atoms. The summed E-state index contributed by atoms with van der Waals surface area (Å²) in [6.45, 7) is 5.80. The molecule has 0 aliphatic carbocycles. The summed E-state index contributed by atoms with van der Waals surface area (Å²) >= 11 is 0. The molecule has 3 heteroatoms. The SMILES string of the molecule is CC(=O)N1[C@H](C)C[C@@H]2O[C@H]2[C@@H]1C. The van der Waals surface area contributed by atoms with E-state index >= 15 is 0 Å². The van der Waals surface area contributed by atoms with Gasteiger partial charge in [0, 0.05) is 13.0 Å². The highest BCUT2D eigenvalue weighted by Crippen LogP contribution is 2.38. The maximum Gasteiger partial charge on any atom is 0.220 e. The highest BCUT2D eigenvalue weighted by molar-refractivity contribution is 5.74. The predicted octanol–water partition coefficient (Wildman–Crippen LogP) is 0.783. The maximum absolute atomic E-state index is 11.3. The highest BCUT2D eigenvalue weighted by atomic mass is 16.6. The second kappa shape index (κ2) is 2.46. The number of ether oxygens (including phenoxy) is 1. The van der Waals surface area contributed by atoms with Crippen LogP contribution in [0, 0.1) is 0 Å². The maximum atomic E-state index is 11.3. The minimum Gasteiger partial charge on any atom is -0.367 e. The number of piperidine rings is 1. The van der Waals surface area contributed by atoms with Gasteiger partial charge in [0.25, 0.3) is 0 Å². The van der Waals surface area contributed by atoms with Crippen LogP contribution in [0.1, 0.15) is 27.2 Å². The Balaban J connectivity index is 2.13. The molecule has 0 aromatic heterocycles. The lowest BCUT2D eigenvalue weighted by Crippen LogP contribution is -2.50. The van der Waals surface area contributed by atoms with Crippen LogP contribution in [-0.2, 0) is 9.53 Å². The average molecular weight is 169 g/mol. The molecule has 0 N–H and O–H groups in total. The molecule has 0 saturated carbocycles. The number of carbonyl (C=O) groups is 1. The van der Waals surface area contributed by atoms with Crippen molar-refractivity contribution in [1.29, 1.82) is 0 Å². The van der Waals surface area contributed by atoms with Crippen molar-refractivity contribution in [2.24, 2.45) is 0 Å². The zero-order valence-electron chi connectivity index (χ0n) is 7.78. The van der Waals surface area contributed by atoms with E-state index in [1.165, 1.54) is 0 Å². The summed E-state index contributed by atoms with van der Waals surface area (Å²) < 4.78 is 5.45. The van der Waals surface area contributed by atoms with E-state index in [9.17, 15) is 4.79 Å². The highest BCUT2D eigenvalue weighted by Gasteiger charge is 2.51. The van der Waals surface area contributed by atoms with E-state index in [0.29, 0.717) is 18.2 Å². The van der Waals surface area contributed by atoms with Crippen LogP contribution in [0.5, 0.6) is 0 Å². The number of hydrogen-bond donors (Lipinski definition) is 0. The molecule has 3 nitrogen and oxygen atoms in total. The summed E-state index contributed by atoms with van der Waals surface area (Å²) in [5, 5.41) is 0. The van der Waals surface area contributed by atoms with Gasteiger partial charge in [-0.15, -0.1) is 0 Å². The van der Waals surface area contributed by atoms with Crippen molar-refractivity contribution in [3.63, 3.8) is 0 Å². The number of amides is 1. The molecule has 68 valence electrons. The summed E-state index contributed by atoms with van der Waals surface area (Å²) in [7, 11) is 0. The van der Waals surface area contributed by atoms with E-state index < -0.39 is 0 Å². The van der Waals surface area contributed by atoms with Crippen molar-refractivity contribution >= 4 is 5.91 Å². The third-order valence-electron chi connectivity index (χ3n) is 2.95. The first-order chi connectivity index (χ1) is 5.61. The van der Waals surface area contributed by atoms with E-state index in [1.54, 1.807) is 6.92 Å². The first-order valence-corrected chi connectivity index (χ1v) is 4.55. The number of nitrogens with zero attached hydrogens (tertiary/aromatic N) is 1. The molecular formula is C9H15NO2. The molecule has 0 aromatic carbocycles. The first-order valence-electron chi connectivity index (χ1n) is 4.55. The number of carbonyl (C=O) groups excluding carboxylic acids is 1. The van der Waals surface area contributed by atoms with Crippen LogP contribution in [0.25, 0.3) is 0 Å². The van der Waals surface area contributed by atoms with Gasteiger partial charge in [0.05, 0.1) is 12.1 Å². The van der Waals surface area contributed by atoms with Gasteiger partial charge in [0.15, 0.2) is 0 Å². The molecule has 1 amide bonds. The van der Waals surface area contributed by atoms with Crippen LogP contribution in [0.4, 0.5) is 0 Å². The van der Waals surface area contributed by atoms with Crippen molar-refractivity contribution in [2.75, 3.05) is 0 Å². The zero-order chi connectivity index (χ0) is 8.88. The van der Waals surface area contributed by atoms with Crippen molar-refractivity contribution in [3.05, 3.63) is 0 Å². The summed E-state index contributed by atoms with van der Waals surface area (Å²) in [5.41, 5.74) is 0. The van der Waals surface area contributed by atoms with Crippen molar-refractivity contribution in [2.45, 2.75) is 51.5 Å². The molecule has 0 bridgehead atoms. The van der Waals surface area contributed by atoms with Crippen molar-refractivity contribution in [3.8, 4) is 0 Å². The fourth-order valence-electron chi connectivity index (χ4n) is 2.38. The fourth-order valence-corrected chi connectivity index (χ4v) is 2.38. The van der Waals surface area contributed by atoms with Crippen molar-refractivity contribution < 1.29 is 9.53 Å². The Bertz CT molecular complexity index is 217. The molecule has 2 fully saturated rings. The van der Waals surface area contributed by atoms with Gasteiger partial charge in [0.1, 0.15) is 6.10 Å². The number of hydrogen-bond acceptors (Lipinski definition) is 2. The van der Waals surface area contributed by atoms with Gasteiger partial charge in [0.2, 0.25) is 5.91 Å². The van der Waals surface area contributed by atoms with E-state index in [-0.39, 0.29) is 11.9 Å². The Morgan fingerprint density at radius 3 is 2.75 bits per heavy atom. The summed E-state index contributed by atoms with van der Waals surface area (Å²) in [5.74, 6) is 0.170. The number of fused-ring (bicyclic) bond motifs is 1. The molecule has 2 heterocycles. The van der Waals surface area contributed by atoms with Crippen LogP contribution >= 0.6 is 0 Å². The molecule has 2 aliphatic rings. The molecule has 2 rings (SSSR count). The lowest BCUT2D eigenvalue weighted by Gasteiger charge is -2.35. The van der Waals surface area contributed by atoms with Gasteiger partial charge in [-0.3, -0.25) is 4.79 Å². The topological polar surface area (TPSA) is 32.8 Å². The monoisotopic (exact) mass is 169 g/mol. The van der Waals surface area contributed by atoms with Crippen LogP contribution in [0.3, 0.4) is 0 Å². The number of epoxide rings is 1. The first kappa shape index (κ1) is 8.05. The lowest BCUT2D eigenvalue weighted by molar-refractivity contribution is -0.134. The molecular weight excluding hydrogens is 154 g/mol. The molecule has 0 aromatic rings. The quantitative estimate of drug-likeness (QED) is 0.502. The number of likely N-dealkylation sites (tertiary alicyclic amines) is 1. The van der Waals surface area contributed by atoms with Gasteiger partial charge >= 0.3 is 0 Å². The predicted molar refractivity (Wildman–Crippen MR) is 44.7 cm³/mol. The molecule has 2 saturated heterocycles. The molecule has 2 aliphatic heterocycles. The minimum absolute atomic E-state index is 0.170. The van der Waals surface area contributed by atoms with E-state index in [4.69, 9.17) is 4.74 Å². The Morgan fingerprint density at radius 1 is 1.50 bits per heavy atom. The average Bonchev–Trinajstić information content (AvgIpc) is 2.65. The molecule has 12 heavy (non-hydrogen) atoms. The second-order valence-electron chi connectivity index (χ2n) is 3.89. The molecule has 0 unspecified atom stereocenters. The number of rotatable bonds is 0. The third-order valence-corrected chi connectivity index (χ3v) is 2.95. The Kier molecular flexibility index (Phi) is 1.65. The Labute approximate surface area is 72.7 Å². The van der Waals surface area contributed by atoms with E-state index in [0.717, 1.165) is 6.42 Å². The molecule has 0 radical (unpaired) electrons.